The fourth-order valence-electron chi connectivity index (χ4n) is 1.80. The first-order valence-corrected chi connectivity index (χ1v) is 6.83. The molecule has 0 atom stereocenters. The lowest BCUT2D eigenvalue weighted by atomic mass is 10.1. The van der Waals surface area contributed by atoms with Crippen molar-refractivity contribution in [3.63, 3.8) is 0 Å². The number of aromatic nitrogens is 1. The number of benzene rings is 1. The Kier molecular flexibility index (Phi) is 4.66. The largest absolute Gasteiger partial charge is 0.353 e. The topological polar surface area (TPSA) is 38.0 Å². The summed E-state index contributed by atoms with van der Waals surface area (Å²) in [5, 5.41) is 0. The van der Waals surface area contributed by atoms with Gasteiger partial charge in [0.25, 0.3) is 0 Å². The maximum atomic E-state index is 10.9. The normalized spacial score (nSPS) is 11.5. The monoisotopic (exact) mass is 300 g/mol. The molecule has 1 aromatic carbocycles. The fourth-order valence-corrected chi connectivity index (χ4v) is 1.91. The van der Waals surface area contributed by atoms with Crippen LogP contribution in [0.4, 0.5) is 0 Å². The summed E-state index contributed by atoms with van der Waals surface area (Å²) in [5.41, 5.74) is 3.27. The highest BCUT2D eigenvalue weighted by atomic mass is 35.5. The number of aldehydes is 2. The van der Waals surface area contributed by atoms with Crippen molar-refractivity contribution in [3.05, 3.63) is 65.5 Å². The molecular weight excluding hydrogens is 286 g/mol. The minimum atomic E-state index is -1.67. The Morgan fingerprint density at radius 3 is 1.86 bits per heavy atom. The first-order valence-electron chi connectivity index (χ1n) is 6.45. The molecule has 1 aromatic heterocycles. The molecule has 0 radical (unpaired) electrons. The van der Waals surface area contributed by atoms with Crippen molar-refractivity contribution < 1.29 is 14.2 Å². The predicted molar refractivity (Wildman–Crippen MR) is 82.7 cm³/mol. The molecule has 21 heavy (non-hydrogen) atoms. The summed E-state index contributed by atoms with van der Waals surface area (Å²) in [6, 6.07) is 11.8. The minimum Gasteiger partial charge on any atom is -0.293 e. The third-order valence-electron chi connectivity index (χ3n) is 3.13. The number of carbonyl (C=O) groups is 2. The molecule has 4 heteroatoms. The molecule has 0 fully saturated rings. The van der Waals surface area contributed by atoms with E-state index in [1.807, 2.05) is 31.2 Å². The Bertz CT molecular complexity index is 652. The van der Waals surface area contributed by atoms with Crippen LogP contribution in [-0.4, -0.2) is 12.6 Å². The molecule has 0 saturated heterocycles. The van der Waals surface area contributed by atoms with Crippen LogP contribution in [0.3, 0.4) is 0 Å². The van der Waals surface area contributed by atoms with Gasteiger partial charge >= 0.3 is 5.00 Å². The smallest absolute Gasteiger partial charge is 0.293 e. The molecule has 106 valence electrons. The van der Waals surface area contributed by atoms with E-state index in [1.54, 1.807) is 24.5 Å². The van der Waals surface area contributed by atoms with Crippen molar-refractivity contribution in [3.8, 4) is 0 Å². The van der Waals surface area contributed by atoms with Crippen molar-refractivity contribution in [1.82, 2.24) is 0 Å². The van der Waals surface area contributed by atoms with Gasteiger partial charge in [0.1, 0.15) is 0 Å². The van der Waals surface area contributed by atoms with Gasteiger partial charge in [0, 0.05) is 12.1 Å². The maximum absolute atomic E-state index is 10.9. The van der Waals surface area contributed by atoms with Gasteiger partial charge in [-0.2, -0.15) is 4.57 Å². The van der Waals surface area contributed by atoms with Crippen LogP contribution in [0.1, 0.15) is 16.7 Å². The van der Waals surface area contributed by atoms with Crippen molar-refractivity contribution in [2.45, 2.75) is 11.9 Å². The van der Waals surface area contributed by atoms with Crippen molar-refractivity contribution in [1.29, 1.82) is 0 Å². The van der Waals surface area contributed by atoms with Gasteiger partial charge in [0.2, 0.25) is 12.6 Å². The Morgan fingerprint density at radius 2 is 1.38 bits per heavy atom. The lowest BCUT2D eigenvalue weighted by molar-refractivity contribution is -0.709. The second kappa shape index (κ2) is 6.46. The van der Waals surface area contributed by atoms with Crippen LogP contribution in [0, 0.1) is 6.92 Å². The highest BCUT2D eigenvalue weighted by Crippen LogP contribution is 2.11. The number of aryl methyl sites for hydroxylation is 1. The zero-order chi connectivity index (χ0) is 15.3. The lowest BCUT2D eigenvalue weighted by Gasteiger charge is -2.06. The van der Waals surface area contributed by atoms with Gasteiger partial charge < -0.3 is 0 Å². The predicted octanol–water partition coefficient (Wildman–Crippen LogP) is 2.74. The van der Waals surface area contributed by atoms with Crippen LogP contribution in [0.25, 0.3) is 12.2 Å². The van der Waals surface area contributed by atoms with Crippen LogP contribution in [0.5, 0.6) is 0 Å². The molecule has 2 rings (SSSR count). The van der Waals surface area contributed by atoms with Gasteiger partial charge in [-0.25, -0.2) is 0 Å². The summed E-state index contributed by atoms with van der Waals surface area (Å²) in [6.07, 6.45) is 7.96. The third-order valence-corrected chi connectivity index (χ3v) is 3.50. The summed E-state index contributed by atoms with van der Waals surface area (Å²) in [4.78, 5) is 20.1. The highest BCUT2D eigenvalue weighted by molar-refractivity contribution is 6.35. The van der Waals surface area contributed by atoms with E-state index < -0.39 is 5.00 Å². The average Bonchev–Trinajstić information content (AvgIpc) is 2.54. The van der Waals surface area contributed by atoms with Crippen molar-refractivity contribution in [2.75, 3.05) is 0 Å². The van der Waals surface area contributed by atoms with E-state index >= 15 is 0 Å². The van der Waals surface area contributed by atoms with E-state index in [4.69, 9.17) is 11.6 Å². The summed E-state index contributed by atoms with van der Waals surface area (Å²) >= 11 is 5.88. The molecule has 0 aliphatic rings. The zero-order valence-corrected chi connectivity index (χ0v) is 12.3. The van der Waals surface area contributed by atoms with Crippen molar-refractivity contribution >= 4 is 36.3 Å². The van der Waals surface area contributed by atoms with Crippen LogP contribution < -0.4 is 4.57 Å². The second-order valence-corrected chi connectivity index (χ2v) is 5.35. The number of hydrogen-bond acceptors (Lipinski definition) is 2. The van der Waals surface area contributed by atoms with E-state index in [0.29, 0.717) is 12.6 Å². The minimum absolute atomic E-state index is 0.406. The Labute approximate surface area is 128 Å². The van der Waals surface area contributed by atoms with E-state index in [9.17, 15) is 9.59 Å². The molecule has 2 aromatic rings. The van der Waals surface area contributed by atoms with Gasteiger partial charge in [-0.1, -0.05) is 42.0 Å². The fraction of sp³-hybridized carbons (Fsp3) is 0.118. The number of halogens is 1. The Balaban J connectivity index is 2.18. The van der Waals surface area contributed by atoms with Crippen LogP contribution >= 0.6 is 11.6 Å². The standard InChI is InChI=1S/C17H15ClNO2/c1-14-2-4-15(5-3-14)6-7-16-8-10-19(11-9-16)17(18,12-20)13-21/h2-13H,1H3/q+1/b7-6+. The quantitative estimate of drug-likeness (QED) is 0.368. The molecule has 0 aliphatic carbocycles. The lowest BCUT2D eigenvalue weighted by Crippen LogP contribution is -2.54. The van der Waals surface area contributed by atoms with Gasteiger partial charge in [-0.15, -0.1) is 0 Å². The van der Waals surface area contributed by atoms with Crippen LogP contribution in [0.2, 0.25) is 0 Å². The Morgan fingerprint density at radius 1 is 0.905 bits per heavy atom. The summed E-state index contributed by atoms with van der Waals surface area (Å²) in [7, 11) is 0. The van der Waals surface area contributed by atoms with Crippen molar-refractivity contribution in [2.24, 2.45) is 0 Å². The van der Waals surface area contributed by atoms with E-state index in [-0.39, 0.29) is 0 Å². The van der Waals surface area contributed by atoms with E-state index in [2.05, 4.69) is 12.1 Å². The molecule has 3 nitrogen and oxygen atoms in total. The summed E-state index contributed by atoms with van der Waals surface area (Å²) in [6.45, 7) is 2.04. The molecule has 0 bridgehead atoms. The molecule has 0 N–H and O–H groups in total. The molecule has 0 unspecified atom stereocenters. The highest BCUT2D eigenvalue weighted by Gasteiger charge is 2.36. The number of alkyl halides is 1. The molecule has 0 saturated carbocycles. The zero-order valence-electron chi connectivity index (χ0n) is 11.6. The number of hydrogen-bond donors (Lipinski definition) is 0. The summed E-state index contributed by atoms with van der Waals surface area (Å²) < 4.78 is 1.36. The van der Waals surface area contributed by atoms with Gasteiger partial charge in [-0.05, 0) is 29.7 Å². The Hall–Kier alpha value is -2.26. The first-order chi connectivity index (χ1) is 10.1. The van der Waals surface area contributed by atoms with Crippen LogP contribution in [-0.2, 0) is 14.6 Å². The molecule has 0 amide bonds. The second-order valence-electron chi connectivity index (χ2n) is 4.75. The number of rotatable bonds is 5. The number of nitrogens with zero attached hydrogens (tertiary/aromatic N) is 1. The van der Waals surface area contributed by atoms with E-state index in [0.717, 1.165) is 11.1 Å². The number of pyridine rings is 1. The first kappa shape index (κ1) is 15.1. The SMILES string of the molecule is Cc1ccc(/C=C/c2cc[n+](C(Cl)(C=O)C=O)cc2)cc1. The third kappa shape index (κ3) is 3.64. The van der Waals surface area contributed by atoms with E-state index in [1.165, 1.54) is 10.1 Å². The average molecular weight is 301 g/mol. The molecule has 0 aliphatic heterocycles. The van der Waals surface area contributed by atoms with Gasteiger partial charge in [0.15, 0.2) is 12.4 Å². The van der Waals surface area contributed by atoms with Gasteiger partial charge in [-0.3, -0.25) is 9.59 Å². The summed E-state index contributed by atoms with van der Waals surface area (Å²) in [5.74, 6) is 0. The number of carbonyl (C=O) groups excluding carboxylic acids is 2. The van der Waals surface area contributed by atoms with Crippen LogP contribution in [0.15, 0.2) is 48.8 Å². The van der Waals surface area contributed by atoms with Gasteiger partial charge in [0.05, 0.1) is 0 Å². The molecule has 1 heterocycles. The maximum Gasteiger partial charge on any atom is 0.353 e. The molecule has 0 spiro atoms. The molecular formula is C17H15ClNO2+.